The lowest BCUT2D eigenvalue weighted by Gasteiger charge is -2.14. The Balaban J connectivity index is 2.44. The van der Waals surface area contributed by atoms with Gasteiger partial charge in [0.25, 0.3) is 5.19 Å². The van der Waals surface area contributed by atoms with Gasteiger partial charge in [0.05, 0.1) is 14.3 Å². The van der Waals surface area contributed by atoms with E-state index in [0.717, 1.165) is 6.23 Å². The first kappa shape index (κ1) is 9.46. The van der Waals surface area contributed by atoms with E-state index in [1.54, 1.807) is 0 Å². The predicted octanol–water partition coefficient (Wildman–Crippen LogP) is 1.38. The van der Waals surface area contributed by atoms with Gasteiger partial charge >= 0.3 is 0 Å². The van der Waals surface area contributed by atoms with Crippen molar-refractivity contribution in [2.24, 2.45) is 0 Å². The molecule has 2 N–H and O–H groups in total. The topological polar surface area (TPSA) is 61.0 Å². The molecule has 0 unspecified atom stereocenters. The van der Waals surface area contributed by atoms with Crippen LogP contribution < -0.4 is 10.5 Å². The quantitative estimate of drug-likeness (QED) is 0.754. The largest absolute Gasteiger partial charge is 0.473 e. The fourth-order valence-electron chi connectivity index (χ4n) is 0.557. The van der Waals surface area contributed by atoms with E-state index in [-0.39, 0.29) is 0 Å². The highest BCUT2D eigenvalue weighted by molar-refractivity contribution is 7.16. The summed E-state index contributed by atoms with van der Waals surface area (Å²) in [6.07, 6.45) is 0.766. The van der Waals surface area contributed by atoms with Crippen molar-refractivity contribution in [1.29, 1.82) is 0 Å². The van der Waals surface area contributed by atoms with Crippen LogP contribution in [0.4, 0.5) is 5.13 Å². The smallest absolute Gasteiger partial charge is 0.295 e. The molecule has 68 valence electrons. The maximum atomic E-state index is 5.42. The Kier molecular flexibility index (Phi) is 2.68. The summed E-state index contributed by atoms with van der Waals surface area (Å²) in [5.41, 5.74) is 5.39. The van der Waals surface area contributed by atoms with Gasteiger partial charge in [0.1, 0.15) is 0 Å². The normalized spacial score (nSPS) is 11.6. The van der Waals surface area contributed by atoms with Gasteiger partial charge in [-0.15, -0.1) is 5.10 Å². The first-order valence-corrected chi connectivity index (χ1v) is 8.21. The van der Waals surface area contributed by atoms with Crippen LogP contribution >= 0.6 is 11.3 Å². The molecule has 0 aliphatic rings. The zero-order valence-electron chi connectivity index (χ0n) is 7.50. The Bertz CT molecular complexity index is 258. The monoisotopic (exact) mass is 203 g/mol. The summed E-state index contributed by atoms with van der Waals surface area (Å²) >= 11 is 1.28. The van der Waals surface area contributed by atoms with E-state index in [1.165, 1.54) is 11.3 Å². The van der Waals surface area contributed by atoms with Gasteiger partial charge in [-0.25, -0.2) is 0 Å². The fraction of sp³-hybridized carbons (Fsp3) is 0.667. The second-order valence-corrected chi connectivity index (χ2v) is 10.1. The maximum Gasteiger partial charge on any atom is 0.295 e. The molecule has 0 radical (unpaired) electrons. The van der Waals surface area contributed by atoms with Crippen LogP contribution in [0.1, 0.15) is 0 Å². The molecule has 4 nitrogen and oxygen atoms in total. The number of nitrogens with zero attached hydrogens (tertiary/aromatic N) is 2. The van der Waals surface area contributed by atoms with Crippen molar-refractivity contribution < 1.29 is 4.74 Å². The van der Waals surface area contributed by atoms with Crippen LogP contribution in [-0.2, 0) is 0 Å². The molecule has 0 bridgehead atoms. The second-order valence-electron chi connectivity index (χ2n) is 3.76. The molecule has 0 spiro atoms. The third-order valence-corrected chi connectivity index (χ3v) is 2.73. The van der Waals surface area contributed by atoms with Gasteiger partial charge in [-0.05, 0) is 11.3 Å². The average Bonchev–Trinajstić information content (AvgIpc) is 2.30. The Morgan fingerprint density at radius 2 is 2.08 bits per heavy atom. The minimum absolute atomic E-state index is 0.459. The Labute approximate surface area is 76.8 Å². The molecule has 0 saturated heterocycles. The molecule has 0 aliphatic heterocycles. The van der Waals surface area contributed by atoms with Gasteiger partial charge in [0.15, 0.2) is 0 Å². The zero-order valence-corrected chi connectivity index (χ0v) is 9.31. The van der Waals surface area contributed by atoms with Gasteiger partial charge in [-0.2, -0.15) is 0 Å². The van der Waals surface area contributed by atoms with Gasteiger partial charge in [-0.3, -0.25) is 0 Å². The van der Waals surface area contributed by atoms with Crippen molar-refractivity contribution in [3.8, 4) is 5.19 Å². The standard InChI is InChI=1S/C6H13N3OSSi/c1-12(2,3)4-10-6-9-8-5(7)11-6/h4H2,1-3H3,(H2,7,8). The minimum Gasteiger partial charge on any atom is -0.473 e. The maximum absolute atomic E-state index is 5.42. The molecule has 1 heterocycles. The van der Waals surface area contributed by atoms with E-state index < -0.39 is 8.07 Å². The third-order valence-electron chi connectivity index (χ3n) is 1.05. The van der Waals surface area contributed by atoms with Crippen LogP contribution in [0.15, 0.2) is 0 Å². The molecule has 0 atom stereocenters. The van der Waals surface area contributed by atoms with Crippen LogP contribution in [0.25, 0.3) is 0 Å². The number of rotatable bonds is 3. The Hall–Kier alpha value is -0.623. The van der Waals surface area contributed by atoms with Crippen LogP contribution in [0.2, 0.25) is 19.6 Å². The molecule has 0 amide bonds. The highest BCUT2D eigenvalue weighted by Crippen LogP contribution is 2.19. The molecular formula is C6H13N3OSSi. The molecule has 0 aliphatic carbocycles. The first-order chi connectivity index (χ1) is 5.47. The van der Waals surface area contributed by atoms with Crippen molar-refractivity contribution in [3.05, 3.63) is 0 Å². The van der Waals surface area contributed by atoms with Crippen molar-refractivity contribution >= 4 is 24.5 Å². The molecular weight excluding hydrogens is 190 g/mol. The van der Waals surface area contributed by atoms with Crippen molar-refractivity contribution in [1.82, 2.24) is 10.2 Å². The molecule has 1 rings (SSSR count). The predicted molar refractivity (Wildman–Crippen MR) is 53.2 cm³/mol. The average molecular weight is 203 g/mol. The lowest BCUT2D eigenvalue weighted by Crippen LogP contribution is -2.29. The van der Waals surface area contributed by atoms with Gasteiger partial charge in [0.2, 0.25) is 5.13 Å². The van der Waals surface area contributed by atoms with Crippen molar-refractivity contribution in [3.63, 3.8) is 0 Å². The number of nitrogen functional groups attached to an aromatic ring is 1. The highest BCUT2D eigenvalue weighted by Gasteiger charge is 2.15. The summed E-state index contributed by atoms with van der Waals surface area (Å²) in [5.74, 6) is 0. The van der Waals surface area contributed by atoms with Gasteiger partial charge < -0.3 is 10.5 Å². The third kappa shape index (κ3) is 3.18. The first-order valence-electron chi connectivity index (χ1n) is 3.69. The number of aromatic nitrogens is 2. The Morgan fingerprint density at radius 3 is 2.50 bits per heavy atom. The summed E-state index contributed by atoms with van der Waals surface area (Å²) in [5, 5.41) is 8.45. The number of nitrogens with two attached hydrogens (primary N) is 1. The van der Waals surface area contributed by atoms with Crippen LogP contribution in [0.3, 0.4) is 0 Å². The lowest BCUT2D eigenvalue weighted by molar-refractivity contribution is 0.372. The van der Waals surface area contributed by atoms with Crippen LogP contribution in [0.5, 0.6) is 5.19 Å². The van der Waals surface area contributed by atoms with E-state index >= 15 is 0 Å². The fourth-order valence-corrected chi connectivity index (χ4v) is 1.69. The van der Waals surface area contributed by atoms with Crippen LogP contribution in [-0.4, -0.2) is 24.5 Å². The molecule has 0 aromatic carbocycles. The molecule has 1 aromatic heterocycles. The minimum atomic E-state index is -1.15. The van der Waals surface area contributed by atoms with E-state index in [9.17, 15) is 0 Å². The van der Waals surface area contributed by atoms with E-state index in [2.05, 4.69) is 29.8 Å². The summed E-state index contributed by atoms with van der Waals surface area (Å²) < 4.78 is 5.42. The van der Waals surface area contributed by atoms with E-state index in [1.807, 2.05) is 0 Å². The zero-order chi connectivity index (χ0) is 9.19. The van der Waals surface area contributed by atoms with Gasteiger partial charge in [0, 0.05) is 0 Å². The summed E-state index contributed by atoms with van der Waals surface area (Å²) in [6, 6.07) is 0. The molecule has 12 heavy (non-hydrogen) atoms. The Morgan fingerprint density at radius 1 is 1.42 bits per heavy atom. The summed E-state index contributed by atoms with van der Waals surface area (Å²) in [4.78, 5) is 0. The molecule has 6 heteroatoms. The molecule has 0 fully saturated rings. The summed E-state index contributed by atoms with van der Waals surface area (Å²) in [7, 11) is -1.15. The molecule has 0 saturated carbocycles. The van der Waals surface area contributed by atoms with E-state index in [4.69, 9.17) is 10.5 Å². The number of hydrogen-bond donors (Lipinski definition) is 1. The lowest BCUT2D eigenvalue weighted by atomic mass is 11.3. The second kappa shape index (κ2) is 3.40. The number of ether oxygens (including phenoxy) is 1. The number of hydrogen-bond acceptors (Lipinski definition) is 5. The van der Waals surface area contributed by atoms with Crippen molar-refractivity contribution in [2.75, 3.05) is 12.0 Å². The highest BCUT2D eigenvalue weighted by atomic mass is 32.1. The van der Waals surface area contributed by atoms with Crippen molar-refractivity contribution in [2.45, 2.75) is 19.6 Å². The SMILES string of the molecule is C[Si](C)(C)COc1nnc(N)s1. The van der Waals surface area contributed by atoms with E-state index in [0.29, 0.717) is 10.3 Å². The van der Waals surface area contributed by atoms with Gasteiger partial charge in [-0.1, -0.05) is 24.7 Å². The number of anilines is 1. The van der Waals surface area contributed by atoms with Crippen LogP contribution in [0, 0.1) is 0 Å². The summed E-state index contributed by atoms with van der Waals surface area (Å²) in [6.45, 7) is 6.70. The molecule has 1 aromatic rings.